The first-order valence-corrected chi connectivity index (χ1v) is 10.2. The van der Waals surface area contributed by atoms with Crippen LogP contribution in [0.4, 0.5) is 5.69 Å². The minimum absolute atomic E-state index is 0.0134. The third-order valence-electron chi connectivity index (χ3n) is 3.72. The second-order valence-electron chi connectivity index (χ2n) is 6.01. The van der Waals surface area contributed by atoms with Crippen molar-refractivity contribution in [1.82, 2.24) is 9.21 Å². The summed E-state index contributed by atoms with van der Waals surface area (Å²) in [5, 5.41) is 2.70. The van der Waals surface area contributed by atoms with Crippen LogP contribution in [-0.2, 0) is 14.8 Å². The Morgan fingerprint density at radius 2 is 1.67 bits per heavy atom. The van der Waals surface area contributed by atoms with Crippen molar-refractivity contribution in [1.29, 1.82) is 0 Å². The van der Waals surface area contributed by atoms with E-state index in [1.807, 2.05) is 6.07 Å². The Morgan fingerprint density at radius 3 is 2.26 bits per heavy atom. The van der Waals surface area contributed by atoms with Crippen molar-refractivity contribution in [2.24, 2.45) is 0 Å². The number of anilines is 1. The molecular weight excluding hydrogens is 434 g/mol. The highest BCUT2D eigenvalue weighted by molar-refractivity contribution is 9.10. The highest BCUT2D eigenvalue weighted by Gasteiger charge is 2.23. The van der Waals surface area contributed by atoms with Gasteiger partial charge >= 0.3 is 0 Å². The van der Waals surface area contributed by atoms with E-state index in [0.29, 0.717) is 10.2 Å². The Balaban J connectivity index is 2.16. The average molecular weight is 454 g/mol. The number of amides is 2. The number of rotatable bonds is 6. The maximum Gasteiger partial charge on any atom is 0.254 e. The molecular formula is C18H20BrN3O4S. The van der Waals surface area contributed by atoms with Crippen molar-refractivity contribution in [3.05, 3.63) is 58.6 Å². The Hall–Kier alpha value is -2.23. The SMILES string of the molecule is CN(CC(=O)Nc1ccccc1)C(=O)c1ccc(Br)c(S(=O)(=O)N(C)C)c1. The zero-order chi connectivity index (χ0) is 20.2. The number of hydrogen-bond acceptors (Lipinski definition) is 4. The summed E-state index contributed by atoms with van der Waals surface area (Å²) in [7, 11) is 0.591. The van der Waals surface area contributed by atoms with E-state index in [2.05, 4.69) is 21.2 Å². The lowest BCUT2D eigenvalue weighted by molar-refractivity contribution is -0.116. The summed E-state index contributed by atoms with van der Waals surface area (Å²) in [6, 6.07) is 13.2. The van der Waals surface area contributed by atoms with Crippen molar-refractivity contribution >= 4 is 43.5 Å². The molecule has 7 nitrogen and oxygen atoms in total. The molecule has 0 saturated carbocycles. The van der Waals surface area contributed by atoms with Gasteiger partial charge in [0.25, 0.3) is 5.91 Å². The second-order valence-corrected chi connectivity index (χ2v) is 8.98. The number of halogens is 1. The first-order chi connectivity index (χ1) is 12.6. The van der Waals surface area contributed by atoms with Crippen LogP contribution in [0.25, 0.3) is 0 Å². The third kappa shape index (κ3) is 5.15. The summed E-state index contributed by atoms with van der Waals surface area (Å²) in [6.07, 6.45) is 0. The fourth-order valence-electron chi connectivity index (χ4n) is 2.26. The van der Waals surface area contributed by atoms with Gasteiger partial charge in [-0.1, -0.05) is 18.2 Å². The molecule has 0 heterocycles. The molecule has 0 aliphatic carbocycles. The Labute approximate surface area is 167 Å². The number of carbonyl (C=O) groups is 2. The van der Waals surface area contributed by atoms with Gasteiger partial charge in [-0.15, -0.1) is 0 Å². The zero-order valence-electron chi connectivity index (χ0n) is 15.1. The van der Waals surface area contributed by atoms with E-state index < -0.39 is 15.9 Å². The second kappa shape index (κ2) is 8.64. The van der Waals surface area contributed by atoms with Crippen LogP contribution >= 0.6 is 15.9 Å². The molecule has 0 aliphatic heterocycles. The lowest BCUT2D eigenvalue weighted by Crippen LogP contribution is -2.35. The number of benzene rings is 2. The molecule has 144 valence electrons. The monoisotopic (exact) mass is 453 g/mol. The van der Waals surface area contributed by atoms with Gasteiger partial charge in [-0.3, -0.25) is 9.59 Å². The van der Waals surface area contributed by atoms with Gasteiger partial charge in [0.1, 0.15) is 0 Å². The summed E-state index contributed by atoms with van der Waals surface area (Å²) in [4.78, 5) is 25.9. The number of sulfonamides is 1. The van der Waals surface area contributed by atoms with Crippen molar-refractivity contribution in [2.45, 2.75) is 4.90 Å². The third-order valence-corrected chi connectivity index (χ3v) is 6.53. The molecule has 0 aliphatic rings. The molecule has 2 rings (SSSR count). The van der Waals surface area contributed by atoms with E-state index in [1.165, 1.54) is 44.2 Å². The molecule has 9 heteroatoms. The van der Waals surface area contributed by atoms with Crippen LogP contribution in [0.5, 0.6) is 0 Å². The van der Waals surface area contributed by atoms with E-state index >= 15 is 0 Å². The zero-order valence-corrected chi connectivity index (χ0v) is 17.5. The smallest absolute Gasteiger partial charge is 0.254 e. The van der Waals surface area contributed by atoms with Gasteiger partial charge in [0.15, 0.2) is 0 Å². The van der Waals surface area contributed by atoms with Crippen LogP contribution in [0.3, 0.4) is 0 Å². The first-order valence-electron chi connectivity index (χ1n) is 7.95. The highest BCUT2D eigenvalue weighted by Crippen LogP contribution is 2.25. The maximum absolute atomic E-state index is 12.6. The Morgan fingerprint density at radius 1 is 1.04 bits per heavy atom. The van der Waals surface area contributed by atoms with Gasteiger partial charge in [-0.25, -0.2) is 12.7 Å². The molecule has 2 aromatic carbocycles. The molecule has 0 radical (unpaired) electrons. The fraction of sp³-hybridized carbons (Fsp3) is 0.222. The van der Waals surface area contributed by atoms with Gasteiger partial charge in [0, 0.05) is 36.9 Å². The Bertz CT molecular complexity index is 946. The lowest BCUT2D eigenvalue weighted by atomic mass is 10.2. The highest BCUT2D eigenvalue weighted by atomic mass is 79.9. The molecule has 27 heavy (non-hydrogen) atoms. The molecule has 0 spiro atoms. The molecule has 0 fully saturated rings. The quantitative estimate of drug-likeness (QED) is 0.727. The molecule has 0 bridgehead atoms. The van der Waals surface area contributed by atoms with Crippen molar-refractivity contribution < 1.29 is 18.0 Å². The predicted octanol–water partition coefficient (Wildman–Crippen LogP) is 2.41. The molecule has 0 saturated heterocycles. The van der Waals surface area contributed by atoms with E-state index in [1.54, 1.807) is 24.3 Å². The first kappa shape index (κ1) is 21.1. The minimum atomic E-state index is -3.72. The van der Waals surface area contributed by atoms with Crippen LogP contribution in [0, 0.1) is 0 Å². The largest absolute Gasteiger partial charge is 0.332 e. The standard InChI is InChI=1S/C18H20BrN3O4S/c1-21(2)27(25,26)16-11-13(9-10-15(16)19)18(24)22(3)12-17(23)20-14-7-5-4-6-8-14/h4-11H,12H2,1-3H3,(H,20,23). The van der Waals surface area contributed by atoms with Crippen LogP contribution in [0.1, 0.15) is 10.4 Å². The average Bonchev–Trinajstić information content (AvgIpc) is 2.61. The molecule has 0 aromatic heterocycles. The van der Waals surface area contributed by atoms with Crippen LogP contribution < -0.4 is 5.32 Å². The van der Waals surface area contributed by atoms with E-state index in [-0.39, 0.29) is 22.9 Å². The van der Waals surface area contributed by atoms with Gasteiger partial charge in [-0.05, 0) is 46.3 Å². The van der Waals surface area contributed by atoms with Crippen molar-refractivity contribution in [3.8, 4) is 0 Å². The fourth-order valence-corrected chi connectivity index (χ4v) is 4.10. The number of nitrogens with one attached hydrogen (secondary N) is 1. The van der Waals surface area contributed by atoms with Gasteiger partial charge in [-0.2, -0.15) is 0 Å². The van der Waals surface area contributed by atoms with Crippen LogP contribution in [-0.4, -0.2) is 57.1 Å². The topological polar surface area (TPSA) is 86.8 Å². The van der Waals surface area contributed by atoms with E-state index in [4.69, 9.17) is 0 Å². The Kier molecular flexibility index (Phi) is 6.74. The van der Waals surface area contributed by atoms with Crippen LogP contribution in [0.2, 0.25) is 0 Å². The molecule has 2 aromatic rings. The van der Waals surface area contributed by atoms with E-state index in [0.717, 1.165) is 4.31 Å². The maximum atomic E-state index is 12.6. The van der Waals surface area contributed by atoms with E-state index in [9.17, 15) is 18.0 Å². The molecule has 1 N–H and O–H groups in total. The summed E-state index contributed by atoms with van der Waals surface area (Å²) < 4.78 is 26.2. The molecule has 0 atom stereocenters. The van der Waals surface area contributed by atoms with Gasteiger partial charge in [0.05, 0.1) is 11.4 Å². The summed E-state index contributed by atoms with van der Waals surface area (Å²) in [5.74, 6) is -0.809. The summed E-state index contributed by atoms with van der Waals surface area (Å²) in [5.41, 5.74) is 0.806. The van der Waals surface area contributed by atoms with Gasteiger partial charge in [0.2, 0.25) is 15.9 Å². The number of nitrogens with zero attached hydrogens (tertiary/aromatic N) is 2. The van der Waals surface area contributed by atoms with Crippen molar-refractivity contribution in [3.63, 3.8) is 0 Å². The molecule has 2 amide bonds. The number of hydrogen-bond donors (Lipinski definition) is 1. The summed E-state index contributed by atoms with van der Waals surface area (Å²) in [6.45, 7) is -0.167. The number of carbonyl (C=O) groups excluding carboxylic acids is 2. The van der Waals surface area contributed by atoms with Crippen LogP contribution in [0.15, 0.2) is 57.9 Å². The number of para-hydroxylation sites is 1. The minimum Gasteiger partial charge on any atom is -0.332 e. The molecule has 0 unspecified atom stereocenters. The van der Waals surface area contributed by atoms with Crippen molar-refractivity contribution in [2.75, 3.05) is 33.0 Å². The van der Waals surface area contributed by atoms with Gasteiger partial charge < -0.3 is 10.2 Å². The lowest BCUT2D eigenvalue weighted by Gasteiger charge is -2.18. The predicted molar refractivity (Wildman–Crippen MR) is 107 cm³/mol. The normalized spacial score (nSPS) is 11.3. The number of likely N-dealkylation sites (N-methyl/N-ethyl adjacent to an activating group) is 1. The summed E-state index contributed by atoms with van der Waals surface area (Å²) >= 11 is 3.20.